The molecule has 0 bridgehead atoms. The van der Waals surface area contributed by atoms with Gasteiger partial charge in [0.05, 0.1) is 18.7 Å². The van der Waals surface area contributed by atoms with Crippen molar-refractivity contribution in [1.29, 1.82) is 0 Å². The van der Waals surface area contributed by atoms with E-state index in [2.05, 4.69) is 24.1 Å². The van der Waals surface area contributed by atoms with Crippen molar-refractivity contribution in [2.45, 2.75) is 117 Å². The third-order valence-electron chi connectivity index (χ3n) is 7.69. The van der Waals surface area contributed by atoms with Crippen molar-refractivity contribution in [1.82, 2.24) is 15.1 Å². The molecule has 0 aromatic rings. The molecule has 1 heterocycles. The lowest BCUT2D eigenvalue weighted by Gasteiger charge is -2.40. The number of nitrogens with zero attached hydrogens (tertiary/aromatic N) is 2. The third kappa shape index (κ3) is 8.06. The molecular weight excluding hydrogens is 442 g/mol. The van der Waals surface area contributed by atoms with Gasteiger partial charge < -0.3 is 15.0 Å². The van der Waals surface area contributed by atoms with E-state index in [0.717, 1.165) is 51.5 Å². The van der Waals surface area contributed by atoms with Crippen molar-refractivity contribution < 1.29 is 19.1 Å². The number of amides is 2. The van der Waals surface area contributed by atoms with Gasteiger partial charge in [0.15, 0.2) is 0 Å². The molecule has 1 saturated heterocycles. The lowest BCUT2D eigenvalue weighted by molar-refractivity contribution is -0.141. The van der Waals surface area contributed by atoms with Gasteiger partial charge in [-0.05, 0) is 71.8 Å². The van der Waals surface area contributed by atoms with E-state index in [1.807, 2.05) is 19.9 Å². The predicted molar refractivity (Wildman–Crippen MR) is 140 cm³/mol. The van der Waals surface area contributed by atoms with Crippen LogP contribution >= 0.6 is 0 Å². The molecule has 1 saturated carbocycles. The molecule has 2 amide bonds. The molecule has 1 aliphatic heterocycles. The first-order valence-electron chi connectivity index (χ1n) is 13.8. The Bertz CT molecular complexity index is 742. The van der Waals surface area contributed by atoms with Gasteiger partial charge in [0.2, 0.25) is 11.8 Å². The molecule has 2 rings (SSSR count). The van der Waals surface area contributed by atoms with Crippen molar-refractivity contribution in [3.8, 4) is 0 Å². The number of hydrogen-bond acceptors (Lipinski definition) is 5. The maximum atomic E-state index is 14.0. The predicted octanol–water partition coefficient (Wildman–Crippen LogP) is 4.31. The fourth-order valence-electron chi connectivity index (χ4n) is 5.64. The maximum absolute atomic E-state index is 14.0. The second-order valence-electron chi connectivity index (χ2n) is 11.0. The van der Waals surface area contributed by atoms with Crippen LogP contribution in [0.1, 0.15) is 92.9 Å². The minimum Gasteiger partial charge on any atom is -0.463 e. The van der Waals surface area contributed by atoms with Crippen LogP contribution in [0.2, 0.25) is 0 Å². The minimum absolute atomic E-state index is 0.0185. The Morgan fingerprint density at radius 1 is 1.03 bits per heavy atom. The summed E-state index contributed by atoms with van der Waals surface area (Å²) in [6, 6.07) is -0.698. The van der Waals surface area contributed by atoms with Gasteiger partial charge in [-0.15, -0.1) is 0 Å². The number of carbonyl (C=O) groups is 3. The highest BCUT2D eigenvalue weighted by Gasteiger charge is 2.38. The molecular formula is C28H49N3O4. The Morgan fingerprint density at radius 2 is 1.66 bits per heavy atom. The van der Waals surface area contributed by atoms with Crippen LogP contribution in [0.25, 0.3) is 0 Å². The molecule has 0 spiro atoms. The average molecular weight is 492 g/mol. The second kappa shape index (κ2) is 14.0. The highest BCUT2D eigenvalue weighted by molar-refractivity contribution is 5.91. The second-order valence-corrected chi connectivity index (χ2v) is 11.0. The zero-order valence-electron chi connectivity index (χ0n) is 23.1. The van der Waals surface area contributed by atoms with Gasteiger partial charge in [-0.25, -0.2) is 4.79 Å². The first kappa shape index (κ1) is 29.3. The van der Waals surface area contributed by atoms with Crippen molar-refractivity contribution in [3.63, 3.8) is 0 Å². The highest BCUT2D eigenvalue weighted by atomic mass is 16.5. The van der Waals surface area contributed by atoms with E-state index in [1.54, 1.807) is 25.8 Å². The van der Waals surface area contributed by atoms with Gasteiger partial charge in [0, 0.05) is 18.7 Å². The SMILES string of the molecule is CCOC(=O)/C(C)=C/C(C(C)C)N(C)C(=O)C(NC(=O)C1CCCCN1C(C)C)C1CCCCC1. The first-order valence-corrected chi connectivity index (χ1v) is 13.8. The summed E-state index contributed by atoms with van der Waals surface area (Å²) in [6.45, 7) is 13.1. The largest absolute Gasteiger partial charge is 0.463 e. The molecule has 35 heavy (non-hydrogen) atoms. The molecule has 200 valence electrons. The van der Waals surface area contributed by atoms with Gasteiger partial charge in [0.25, 0.3) is 0 Å². The van der Waals surface area contributed by atoms with E-state index < -0.39 is 6.04 Å². The Labute approximate surface area is 213 Å². The molecule has 2 aliphatic rings. The Morgan fingerprint density at radius 3 is 2.23 bits per heavy atom. The molecule has 7 heteroatoms. The number of esters is 1. The molecule has 0 aromatic heterocycles. The van der Waals surface area contributed by atoms with Crippen LogP contribution in [0.3, 0.4) is 0 Å². The van der Waals surface area contributed by atoms with Crippen LogP contribution in [0.4, 0.5) is 0 Å². The normalized spacial score (nSPS) is 22.1. The number of ether oxygens (including phenoxy) is 1. The third-order valence-corrected chi connectivity index (χ3v) is 7.69. The number of piperidine rings is 1. The maximum Gasteiger partial charge on any atom is 0.333 e. The molecule has 1 aliphatic carbocycles. The fraction of sp³-hybridized carbons (Fsp3) is 0.821. The molecule has 3 unspecified atom stereocenters. The summed E-state index contributed by atoms with van der Waals surface area (Å²) >= 11 is 0. The molecule has 0 aromatic carbocycles. The van der Waals surface area contributed by atoms with Crippen LogP contribution in [0.15, 0.2) is 11.6 Å². The summed E-state index contributed by atoms with van der Waals surface area (Å²) < 4.78 is 5.14. The number of likely N-dealkylation sites (N-methyl/N-ethyl adjacent to an activating group) is 1. The number of rotatable bonds is 10. The molecule has 0 radical (unpaired) electrons. The lowest BCUT2D eigenvalue weighted by atomic mass is 9.82. The average Bonchev–Trinajstić information content (AvgIpc) is 2.85. The van der Waals surface area contributed by atoms with Crippen molar-refractivity contribution >= 4 is 17.8 Å². The quantitative estimate of drug-likeness (QED) is 0.364. The van der Waals surface area contributed by atoms with E-state index in [-0.39, 0.29) is 41.7 Å². The van der Waals surface area contributed by atoms with E-state index in [1.165, 1.54) is 6.42 Å². The number of carbonyl (C=O) groups excluding carboxylic acids is 3. The Hall–Kier alpha value is -1.89. The van der Waals surface area contributed by atoms with E-state index in [4.69, 9.17) is 4.74 Å². The van der Waals surface area contributed by atoms with Gasteiger partial charge in [-0.1, -0.05) is 45.6 Å². The van der Waals surface area contributed by atoms with Crippen LogP contribution in [-0.2, 0) is 19.1 Å². The number of nitrogens with one attached hydrogen (secondary N) is 1. The zero-order valence-corrected chi connectivity index (χ0v) is 23.1. The van der Waals surface area contributed by atoms with Crippen molar-refractivity contribution in [2.24, 2.45) is 11.8 Å². The highest BCUT2D eigenvalue weighted by Crippen LogP contribution is 2.29. The van der Waals surface area contributed by atoms with Gasteiger partial charge in [0.1, 0.15) is 6.04 Å². The van der Waals surface area contributed by atoms with Crippen LogP contribution in [0.5, 0.6) is 0 Å². The molecule has 3 atom stereocenters. The monoisotopic (exact) mass is 491 g/mol. The number of hydrogen-bond donors (Lipinski definition) is 1. The van der Waals surface area contributed by atoms with Crippen LogP contribution in [0, 0.1) is 11.8 Å². The summed E-state index contributed by atoms with van der Waals surface area (Å²) in [4.78, 5) is 43.7. The number of likely N-dealkylation sites (tertiary alicyclic amines) is 1. The minimum atomic E-state index is -0.540. The first-order chi connectivity index (χ1) is 16.6. The molecule has 7 nitrogen and oxygen atoms in total. The van der Waals surface area contributed by atoms with Crippen molar-refractivity contribution in [2.75, 3.05) is 20.2 Å². The molecule has 2 fully saturated rings. The van der Waals surface area contributed by atoms with Gasteiger partial charge >= 0.3 is 5.97 Å². The van der Waals surface area contributed by atoms with Crippen LogP contribution in [-0.4, -0.2) is 72.0 Å². The Kier molecular flexibility index (Phi) is 11.7. The standard InChI is InChI=1S/C28H49N3O4/c1-8-35-28(34)21(6)18-24(19(2)3)30(7)27(33)25(22-14-10-9-11-15-22)29-26(32)23-16-12-13-17-31(23)20(4)5/h18-20,22-25H,8-17H2,1-7H3,(H,29,32)/b21-18+. The van der Waals surface area contributed by atoms with E-state index in [0.29, 0.717) is 18.2 Å². The summed E-state index contributed by atoms with van der Waals surface area (Å²) in [6.07, 6.45) is 10.1. The van der Waals surface area contributed by atoms with E-state index in [9.17, 15) is 14.4 Å². The molecule has 1 N–H and O–H groups in total. The van der Waals surface area contributed by atoms with Crippen LogP contribution < -0.4 is 5.32 Å². The summed E-state index contributed by atoms with van der Waals surface area (Å²) in [5, 5.41) is 3.23. The lowest BCUT2D eigenvalue weighted by Crippen LogP contribution is -2.59. The van der Waals surface area contributed by atoms with Gasteiger partial charge in [-0.2, -0.15) is 0 Å². The van der Waals surface area contributed by atoms with Crippen molar-refractivity contribution in [3.05, 3.63) is 11.6 Å². The summed E-state index contributed by atoms with van der Waals surface area (Å²) in [5.74, 6) is -0.200. The smallest absolute Gasteiger partial charge is 0.333 e. The Balaban J connectivity index is 2.28. The summed E-state index contributed by atoms with van der Waals surface area (Å²) in [5.41, 5.74) is 0.498. The fourth-order valence-corrected chi connectivity index (χ4v) is 5.64. The zero-order chi connectivity index (χ0) is 26.1. The van der Waals surface area contributed by atoms with Gasteiger partial charge in [-0.3, -0.25) is 14.5 Å². The topological polar surface area (TPSA) is 79.0 Å². The summed E-state index contributed by atoms with van der Waals surface area (Å²) in [7, 11) is 1.80. The van der Waals surface area contributed by atoms with E-state index >= 15 is 0 Å².